The summed E-state index contributed by atoms with van der Waals surface area (Å²) in [6, 6.07) is 14.0. The summed E-state index contributed by atoms with van der Waals surface area (Å²) in [5.74, 6) is -1.07. The first-order valence-electron chi connectivity index (χ1n) is 10.3. The number of amides is 3. The van der Waals surface area contributed by atoms with E-state index in [0.717, 1.165) is 31.6 Å². The van der Waals surface area contributed by atoms with Gasteiger partial charge in [-0.15, -0.1) is 11.3 Å². The number of aromatic nitrogens is 1. The number of carbonyl (C=O) groups excluding carboxylic acids is 3. The Morgan fingerprint density at radius 3 is 2.47 bits per heavy atom. The highest BCUT2D eigenvalue weighted by atomic mass is 32.1. The van der Waals surface area contributed by atoms with Crippen LogP contribution in [0.15, 0.2) is 53.9 Å². The molecule has 1 aliphatic rings. The summed E-state index contributed by atoms with van der Waals surface area (Å²) >= 11 is 1.26. The number of carbonyl (C=O) groups is 3. The van der Waals surface area contributed by atoms with Crippen molar-refractivity contribution >= 4 is 45.6 Å². The zero-order valence-electron chi connectivity index (χ0n) is 17.3. The molecule has 0 unspecified atom stereocenters. The van der Waals surface area contributed by atoms with Crippen molar-refractivity contribution < 1.29 is 14.4 Å². The van der Waals surface area contributed by atoms with Gasteiger partial charge in [0, 0.05) is 29.6 Å². The van der Waals surface area contributed by atoms with Crippen LogP contribution in [0, 0.1) is 0 Å². The standard InChI is InChI=1S/C23H23N5O3S/c24-21(30)16-8-9-19(28-10-4-5-11-28)18(12-16)26-20(29)13-17-14-32-23(25-17)27-22(31)15-6-2-1-3-7-15/h1-3,6-9,12,14H,4-5,10-11,13H2,(H2,24,30)(H,26,29)(H,25,27,31). The quantitative estimate of drug-likeness (QED) is 0.512. The normalized spacial score (nSPS) is 13.1. The van der Waals surface area contributed by atoms with E-state index in [1.807, 2.05) is 12.1 Å². The average molecular weight is 450 g/mol. The number of rotatable bonds is 7. The molecule has 4 rings (SSSR count). The van der Waals surface area contributed by atoms with E-state index in [1.54, 1.807) is 41.8 Å². The van der Waals surface area contributed by atoms with Gasteiger partial charge in [0.2, 0.25) is 11.8 Å². The number of benzene rings is 2. The fourth-order valence-electron chi connectivity index (χ4n) is 3.59. The molecule has 0 aliphatic carbocycles. The van der Waals surface area contributed by atoms with E-state index in [4.69, 9.17) is 5.73 Å². The van der Waals surface area contributed by atoms with E-state index < -0.39 is 5.91 Å². The van der Waals surface area contributed by atoms with Crippen LogP contribution in [-0.2, 0) is 11.2 Å². The molecule has 1 aromatic heterocycles. The minimum absolute atomic E-state index is 0.0396. The number of nitrogens with zero attached hydrogens (tertiary/aromatic N) is 2. The second-order valence-corrected chi connectivity index (χ2v) is 8.34. The molecule has 1 aliphatic heterocycles. The van der Waals surface area contributed by atoms with Crippen molar-refractivity contribution in [1.29, 1.82) is 0 Å². The molecule has 2 heterocycles. The largest absolute Gasteiger partial charge is 0.370 e. The van der Waals surface area contributed by atoms with Crippen molar-refractivity contribution in [3.05, 3.63) is 70.7 Å². The number of nitrogens with two attached hydrogens (primary N) is 1. The van der Waals surface area contributed by atoms with Gasteiger partial charge in [-0.3, -0.25) is 19.7 Å². The maximum Gasteiger partial charge on any atom is 0.257 e. The maximum absolute atomic E-state index is 12.7. The highest BCUT2D eigenvalue weighted by molar-refractivity contribution is 7.14. The number of hydrogen-bond donors (Lipinski definition) is 3. The van der Waals surface area contributed by atoms with Crippen LogP contribution in [0.4, 0.5) is 16.5 Å². The lowest BCUT2D eigenvalue weighted by atomic mass is 10.1. The van der Waals surface area contributed by atoms with E-state index in [0.29, 0.717) is 27.6 Å². The molecule has 0 saturated carbocycles. The van der Waals surface area contributed by atoms with Crippen LogP contribution >= 0.6 is 11.3 Å². The third-order valence-electron chi connectivity index (χ3n) is 5.15. The number of hydrogen-bond acceptors (Lipinski definition) is 6. The van der Waals surface area contributed by atoms with Crippen LogP contribution in [0.5, 0.6) is 0 Å². The van der Waals surface area contributed by atoms with Crippen molar-refractivity contribution in [3.8, 4) is 0 Å². The van der Waals surface area contributed by atoms with Gasteiger partial charge in [-0.1, -0.05) is 18.2 Å². The molecule has 3 amide bonds. The maximum atomic E-state index is 12.7. The molecule has 164 valence electrons. The Labute approximate surface area is 189 Å². The van der Waals surface area contributed by atoms with Crippen LogP contribution < -0.4 is 21.3 Å². The topological polar surface area (TPSA) is 117 Å². The minimum atomic E-state index is -0.549. The predicted molar refractivity (Wildman–Crippen MR) is 125 cm³/mol. The van der Waals surface area contributed by atoms with E-state index in [1.165, 1.54) is 11.3 Å². The molecule has 8 nitrogen and oxygen atoms in total. The fourth-order valence-corrected chi connectivity index (χ4v) is 4.29. The lowest BCUT2D eigenvalue weighted by molar-refractivity contribution is -0.115. The number of primary amides is 1. The third-order valence-corrected chi connectivity index (χ3v) is 5.96. The summed E-state index contributed by atoms with van der Waals surface area (Å²) < 4.78 is 0. The number of anilines is 3. The Balaban J connectivity index is 1.43. The molecule has 0 radical (unpaired) electrons. The molecular formula is C23H23N5O3S. The molecule has 32 heavy (non-hydrogen) atoms. The van der Waals surface area contributed by atoms with Gasteiger partial charge in [0.15, 0.2) is 5.13 Å². The van der Waals surface area contributed by atoms with Crippen molar-refractivity contribution in [2.24, 2.45) is 5.73 Å². The SMILES string of the molecule is NC(=O)c1ccc(N2CCCC2)c(NC(=O)Cc2csc(NC(=O)c3ccccc3)n2)c1. The molecule has 1 fully saturated rings. The Morgan fingerprint density at radius 2 is 1.75 bits per heavy atom. The summed E-state index contributed by atoms with van der Waals surface area (Å²) in [5, 5.41) is 7.81. The van der Waals surface area contributed by atoms with Crippen LogP contribution in [0.1, 0.15) is 39.3 Å². The van der Waals surface area contributed by atoms with Gasteiger partial charge in [0.25, 0.3) is 5.91 Å². The van der Waals surface area contributed by atoms with Crippen molar-refractivity contribution in [2.75, 3.05) is 28.6 Å². The minimum Gasteiger partial charge on any atom is -0.370 e. The first-order chi connectivity index (χ1) is 15.5. The highest BCUT2D eigenvalue weighted by Crippen LogP contribution is 2.30. The smallest absolute Gasteiger partial charge is 0.257 e. The first-order valence-corrected chi connectivity index (χ1v) is 11.2. The Morgan fingerprint density at radius 1 is 1.00 bits per heavy atom. The zero-order chi connectivity index (χ0) is 22.5. The van der Waals surface area contributed by atoms with E-state index in [-0.39, 0.29) is 18.2 Å². The lowest BCUT2D eigenvalue weighted by Gasteiger charge is -2.22. The van der Waals surface area contributed by atoms with Gasteiger partial charge in [0.05, 0.1) is 23.5 Å². The van der Waals surface area contributed by atoms with Crippen molar-refractivity contribution in [3.63, 3.8) is 0 Å². The molecule has 9 heteroatoms. The molecule has 1 saturated heterocycles. The van der Waals surface area contributed by atoms with E-state index in [9.17, 15) is 14.4 Å². The predicted octanol–water partition coefficient (Wildman–Crippen LogP) is 3.28. The van der Waals surface area contributed by atoms with E-state index in [2.05, 4.69) is 20.5 Å². The second-order valence-electron chi connectivity index (χ2n) is 7.48. The van der Waals surface area contributed by atoms with E-state index >= 15 is 0 Å². The molecule has 0 atom stereocenters. The van der Waals surface area contributed by atoms with Crippen molar-refractivity contribution in [1.82, 2.24) is 4.98 Å². The summed E-state index contributed by atoms with van der Waals surface area (Å²) in [5.41, 5.74) is 8.26. The Kier molecular flexibility index (Phi) is 6.46. The summed E-state index contributed by atoms with van der Waals surface area (Å²) in [6.45, 7) is 1.80. The van der Waals surface area contributed by atoms with Gasteiger partial charge in [-0.05, 0) is 43.2 Å². The molecule has 2 aromatic carbocycles. The van der Waals surface area contributed by atoms with Gasteiger partial charge < -0.3 is 16.0 Å². The second kappa shape index (κ2) is 9.61. The Hall–Kier alpha value is -3.72. The average Bonchev–Trinajstić information content (AvgIpc) is 3.46. The van der Waals surface area contributed by atoms with Crippen LogP contribution in [0.2, 0.25) is 0 Å². The van der Waals surface area contributed by atoms with Gasteiger partial charge >= 0.3 is 0 Å². The summed E-state index contributed by atoms with van der Waals surface area (Å²) in [6.07, 6.45) is 2.21. The van der Waals surface area contributed by atoms with Gasteiger partial charge in [0.1, 0.15) is 0 Å². The first kappa shape index (κ1) is 21.5. The Bertz CT molecular complexity index is 1140. The van der Waals surface area contributed by atoms with Crippen molar-refractivity contribution in [2.45, 2.75) is 19.3 Å². The number of thiazole rings is 1. The summed E-state index contributed by atoms with van der Waals surface area (Å²) in [4.78, 5) is 43.1. The highest BCUT2D eigenvalue weighted by Gasteiger charge is 2.19. The fraction of sp³-hybridized carbons (Fsp3) is 0.217. The number of nitrogens with one attached hydrogen (secondary N) is 2. The van der Waals surface area contributed by atoms with Crippen LogP contribution in [0.25, 0.3) is 0 Å². The summed E-state index contributed by atoms with van der Waals surface area (Å²) in [7, 11) is 0. The molecule has 4 N–H and O–H groups in total. The molecular weight excluding hydrogens is 426 g/mol. The van der Waals surface area contributed by atoms with Gasteiger partial charge in [-0.2, -0.15) is 0 Å². The zero-order valence-corrected chi connectivity index (χ0v) is 18.2. The monoisotopic (exact) mass is 449 g/mol. The third kappa shape index (κ3) is 5.12. The van der Waals surface area contributed by atoms with Gasteiger partial charge in [-0.25, -0.2) is 4.98 Å². The van der Waals surface area contributed by atoms with Crippen LogP contribution in [-0.4, -0.2) is 35.8 Å². The lowest BCUT2D eigenvalue weighted by Crippen LogP contribution is -2.23. The molecule has 3 aromatic rings. The molecule has 0 spiro atoms. The molecule has 0 bridgehead atoms. The van der Waals surface area contributed by atoms with Crippen LogP contribution in [0.3, 0.4) is 0 Å².